The third kappa shape index (κ3) is 1.83. The number of benzene rings is 1. The Morgan fingerprint density at radius 2 is 2.16 bits per heavy atom. The van der Waals surface area contributed by atoms with E-state index in [1.807, 2.05) is 19.2 Å². The lowest BCUT2D eigenvalue weighted by molar-refractivity contribution is -0.148. The molecule has 3 rings (SSSR count). The number of hydrogen-bond acceptors (Lipinski definition) is 3. The van der Waals surface area contributed by atoms with Gasteiger partial charge in [-0.25, -0.2) is 0 Å². The number of esters is 1. The molecule has 0 spiro atoms. The lowest BCUT2D eigenvalue weighted by Gasteiger charge is -2.40. The van der Waals surface area contributed by atoms with Crippen LogP contribution in [0.4, 0.5) is 0 Å². The Hall–Kier alpha value is -1.81. The van der Waals surface area contributed by atoms with Crippen LogP contribution in [0.25, 0.3) is 10.9 Å². The fraction of sp³-hybridized carbons (Fsp3) is 0.400. The Balaban J connectivity index is 2.09. The number of aromatic nitrogens is 1. The maximum Gasteiger partial charge on any atom is 0.306 e. The molecule has 2 heterocycles. The van der Waals surface area contributed by atoms with Crippen LogP contribution >= 0.6 is 0 Å². The molecule has 1 aromatic carbocycles. The van der Waals surface area contributed by atoms with Gasteiger partial charge in [0.1, 0.15) is 0 Å². The molecule has 2 aromatic rings. The molecule has 0 N–H and O–H groups in total. The van der Waals surface area contributed by atoms with Crippen LogP contribution in [0.2, 0.25) is 0 Å². The van der Waals surface area contributed by atoms with Gasteiger partial charge in [-0.2, -0.15) is 0 Å². The maximum absolute atomic E-state index is 11.7. The highest BCUT2D eigenvalue weighted by Crippen LogP contribution is 2.40. The van der Waals surface area contributed by atoms with Gasteiger partial charge >= 0.3 is 5.97 Å². The third-order valence-electron chi connectivity index (χ3n) is 3.94. The first-order chi connectivity index (χ1) is 9.16. The zero-order chi connectivity index (χ0) is 13.5. The average Bonchev–Trinajstić information content (AvgIpc) is 2.72. The molecule has 4 heteroatoms. The minimum absolute atomic E-state index is 0.184. The van der Waals surface area contributed by atoms with E-state index in [2.05, 4.69) is 22.9 Å². The molecule has 0 bridgehead atoms. The van der Waals surface area contributed by atoms with Crippen molar-refractivity contribution in [1.29, 1.82) is 0 Å². The summed E-state index contributed by atoms with van der Waals surface area (Å²) in [5, 5.41) is 1.19. The SMILES string of the molecule is COC(=O)CC1(c2cn(C)c3ccccc23)COC1. The van der Waals surface area contributed by atoms with E-state index in [0.29, 0.717) is 19.6 Å². The predicted molar refractivity (Wildman–Crippen MR) is 72.0 cm³/mol. The molecule has 0 aliphatic carbocycles. The standard InChI is InChI=1S/C15H17NO3/c1-16-8-12(11-5-3-4-6-13(11)16)15(9-19-10-15)7-14(17)18-2/h3-6,8H,7,9-10H2,1-2H3. The van der Waals surface area contributed by atoms with Crippen LogP contribution in [0.15, 0.2) is 30.5 Å². The summed E-state index contributed by atoms with van der Waals surface area (Å²) in [6.45, 7) is 1.16. The van der Waals surface area contributed by atoms with E-state index in [1.54, 1.807) is 0 Å². The van der Waals surface area contributed by atoms with Gasteiger partial charge in [-0.05, 0) is 11.6 Å². The van der Waals surface area contributed by atoms with Crippen LogP contribution in [0.3, 0.4) is 0 Å². The number of aryl methyl sites for hydroxylation is 1. The second kappa shape index (κ2) is 4.38. The number of ether oxygens (including phenoxy) is 2. The van der Waals surface area contributed by atoms with Gasteiger partial charge in [0.05, 0.1) is 32.2 Å². The van der Waals surface area contributed by atoms with Crippen molar-refractivity contribution in [2.75, 3.05) is 20.3 Å². The summed E-state index contributed by atoms with van der Waals surface area (Å²) in [6, 6.07) is 8.24. The number of methoxy groups -OCH3 is 1. The van der Waals surface area contributed by atoms with Crippen LogP contribution in [0, 0.1) is 0 Å². The van der Waals surface area contributed by atoms with Gasteiger partial charge in [0.2, 0.25) is 0 Å². The summed E-state index contributed by atoms with van der Waals surface area (Å²) in [7, 11) is 3.45. The number of carbonyl (C=O) groups is 1. The van der Waals surface area contributed by atoms with E-state index < -0.39 is 0 Å². The minimum atomic E-state index is -0.228. The Bertz CT molecular complexity index is 625. The average molecular weight is 259 g/mol. The first-order valence-corrected chi connectivity index (χ1v) is 6.35. The van der Waals surface area contributed by atoms with Crippen molar-refractivity contribution in [2.45, 2.75) is 11.8 Å². The van der Waals surface area contributed by atoms with Gasteiger partial charge in [-0.15, -0.1) is 0 Å². The van der Waals surface area contributed by atoms with Gasteiger partial charge in [0.15, 0.2) is 0 Å². The fourth-order valence-electron chi connectivity index (χ4n) is 2.81. The molecule has 1 fully saturated rings. The fourth-order valence-corrected chi connectivity index (χ4v) is 2.81. The van der Waals surface area contributed by atoms with Crippen molar-refractivity contribution in [3.05, 3.63) is 36.0 Å². The Morgan fingerprint density at radius 3 is 2.79 bits per heavy atom. The first kappa shape index (κ1) is 12.2. The normalized spacial score (nSPS) is 17.2. The third-order valence-corrected chi connectivity index (χ3v) is 3.94. The van der Waals surface area contributed by atoms with Crippen molar-refractivity contribution in [2.24, 2.45) is 7.05 Å². The zero-order valence-electron chi connectivity index (χ0n) is 11.2. The molecule has 4 nitrogen and oxygen atoms in total. The number of hydrogen-bond donors (Lipinski definition) is 0. The molecular formula is C15H17NO3. The summed E-state index contributed by atoms with van der Waals surface area (Å²) in [4.78, 5) is 11.7. The molecule has 0 amide bonds. The Labute approximate surface area is 111 Å². The van der Waals surface area contributed by atoms with Crippen LogP contribution in [-0.2, 0) is 26.7 Å². The highest BCUT2D eigenvalue weighted by atomic mass is 16.5. The smallest absolute Gasteiger partial charge is 0.306 e. The Kier molecular flexibility index (Phi) is 2.82. The molecule has 1 saturated heterocycles. The second-order valence-corrected chi connectivity index (χ2v) is 5.20. The predicted octanol–water partition coefficient (Wildman–Crippen LogP) is 2.01. The van der Waals surface area contributed by atoms with Gasteiger partial charge < -0.3 is 14.0 Å². The van der Waals surface area contributed by atoms with E-state index in [0.717, 1.165) is 0 Å². The van der Waals surface area contributed by atoms with Gasteiger partial charge in [-0.1, -0.05) is 18.2 Å². The molecule has 0 atom stereocenters. The van der Waals surface area contributed by atoms with Gasteiger partial charge in [0.25, 0.3) is 0 Å². The molecule has 0 saturated carbocycles. The van der Waals surface area contributed by atoms with Crippen LogP contribution < -0.4 is 0 Å². The number of fused-ring (bicyclic) bond motifs is 1. The molecule has 100 valence electrons. The van der Waals surface area contributed by atoms with Crippen LogP contribution in [-0.4, -0.2) is 30.9 Å². The number of rotatable bonds is 3. The van der Waals surface area contributed by atoms with E-state index in [-0.39, 0.29) is 11.4 Å². The number of nitrogens with zero attached hydrogens (tertiary/aromatic N) is 1. The van der Waals surface area contributed by atoms with E-state index >= 15 is 0 Å². The van der Waals surface area contributed by atoms with Gasteiger partial charge in [-0.3, -0.25) is 4.79 Å². The summed E-state index contributed by atoms with van der Waals surface area (Å²) in [5.41, 5.74) is 2.13. The largest absolute Gasteiger partial charge is 0.469 e. The van der Waals surface area contributed by atoms with Crippen molar-refractivity contribution in [1.82, 2.24) is 4.57 Å². The highest BCUT2D eigenvalue weighted by Gasteiger charge is 2.44. The second-order valence-electron chi connectivity index (χ2n) is 5.20. The summed E-state index contributed by atoms with van der Waals surface area (Å²) >= 11 is 0. The van der Waals surface area contributed by atoms with E-state index in [9.17, 15) is 4.79 Å². The molecule has 19 heavy (non-hydrogen) atoms. The van der Waals surface area contributed by atoms with Crippen molar-refractivity contribution >= 4 is 16.9 Å². The van der Waals surface area contributed by atoms with Crippen molar-refractivity contribution < 1.29 is 14.3 Å². The van der Waals surface area contributed by atoms with Gasteiger partial charge in [0, 0.05) is 24.1 Å². The summed E-state index contributed by atoms with van der Waals surface area (Å²) in [6.07, 6.45) is 2.48. The van der Waals surface area contributed by atoms with Crippen molar-refractivity contribution in [3.63, 3.8) is 0 Å². The molecule has 0 radical (unpaired) electrons. The minimum Gasteiger partial charge on any atom is -0.469 e. The molecule has 1 aromatic heterocycles. The molecule has 0 unspecified atom stereocenters. The monoisotopic (exact) mass is 259 g/mol. The topological polar surface area (TPSA) is 40.5 Å². The zero-order valence-corrected chi connectivity index (χ0v) is 11.2. The lowest BCUT2D eigenvalue weighted by atomic mass is 9.76. The summed E-state index contributed by atoms with van der Waals surface area (Å²) in [5.74, 6) is -0.184. The highest BCUT2D eigenvalue weighted by molar-refractivity contribution is 5.86. The first-order valence-electron chi connectivity index (χ1n) is 6.35. The number of carbonyl (C=O) groups excluding carboxylic acids is 1. The molecular weight excluding hydrogens is 242 g/mol. The van der Waals surface area contributed by atoms with Crippen LogP contribution in [0.1, 0.15) is 12.0 Å². The number of para-hydroxylation sites is 1. The summed E-state index contributed by atoms with van der Waals surface area (Å²) < 4.78 is 12.3. The van der Waals surface area contributed by atoms with Crippen LogP contribution in [0.5, 0.6) is 0 Å². The molecule has 1 aliphatic rings. The van der Waals surface area contributed by atoms with E-state index in [1.165, 1.54) is 23.6 Å². The maximum atomic E-state index is 11.7. The Morgan fingerprint density at radius 1 is 1.42 bits per heavy atom. The van der Waals surface area contributed by atoms with Crippen molar-refractivity contribution in [3.8, 4) is 0 Å². The van der Waals surface area contributed by atoms with E-state index in [4.69, 9.17) is 9.47 Å². The molecule has 1 aliphatic heterocycles. The lowest BCUT2D eigenvalue weighted by Crippen LogP contribution is -2.48. The quantitative estimate of drug-likeness (QED) is 0.792.